The van der Waals surface area contributed by atoms with Gasteiger partial charge >= 0.3 is 0 Å². The average molecular weight is 415 g/mol. The Morgan fingerprint density at radius 2 is 1.68 bits per heavy atom. The first-order chi connectivity index (χ1) is 14.8. The molecule has 8 heteroatoms. The van der Waals surface area contributed by atoms with Crippen molar-refractivity contribution in [2.24, 2.45) is 7.05 Å². The lowest BCUT2D eigenvalue weighted by molar-refractivity contribution is -0.114. The van der Waals surface area contributed by atoms with Crippen LogP contribution in [-0.4, -0.2) is 21.2 Å². The van der Waals surface area contributed by atoms with Gasteiger partial charge in [-0.25, -0.2) is 4.68 Å². The van der Waals surface area contributed by atoms with Gasteiger partial charge in [0.1, 0.15) is 17.3 Å². The number of para-hydroxylation sites is 1. The lowest BCUT2D eigenvalue weighted by Crippen LogP contribution is -2.23. The van der Waals surface area contributed by atoms with Crippen molar-refractivity contribution in [2.75, 3.05) is 10.6 Å². The minimum atomic E-state index is -0.681. The second-order valence-electron chi connectivity index (χ2n) is 6.86. The van der Waals surface area contributed by atoms with Crippen LogP contribution in [0.3, 0.4) is 0 Å². The van der Waals surface area contributed by atoms with Gasteiger partial charge in [0.25, 0.3) is 11.5 Å². The van der Waals surface area contributed by atoms with Crippen molar-refractivity contribution in [3.63, 3.8) is 0 Å². The second-order valence-corrected chi connectivity index (χ2v) is 6.86. The van der Waals surface area contributed by atoms with Gasteiger partial charge in [0.15, 0.2) is 0 Å². The molecular weight excluding hydrogens is 394 g/mol. The molecule has 0 aliphatic carbocycles. The van der Waals surface area contributed by atoms with Crippen molar-refractivity contribution < 1.29 is 9.59 Å². The maximum absolute atomic E-state index is 12.9. The molecule has 0 radical (unpaired) electrons. The number of aromatic nitrogens is 2. The molecule has 3 aromatic rings. The zero-order chi connectivity index (χ0) is 22.5. The molecule has 0 bridgehead atoms. The van der Waals surface area contributed by atoms with E-state index in [1.807, 2.05) is 24.3 Å². The predicted molar refractivity (Wildman–Crippen MR) is 119 cm³/mol. The van der Waals surface area contributed by atoms with Gasteiger partial charge < -0.3 is 10.6 Å². The molecule has 0 atom stereocenters. The number of nitriles is 1. The van der Waals surface area contributed by atoms with Crippen molar-refractivity contribution in [3.8, 4) is 11.8 Å². The Morgan fingerprint density at radius 3 is 2.26 bits per heavy atom. The maximum Gasteiger partial charge on any atom is 0.295 e. The first-order valence-corrected chi connectivity index (χ1v) is 9.46. The molecule has 3 rings (SSSR count). The maximum atomic E-state index is 12.9. The lowest BCUT2D eigenvalue weighted by Gasteiger charge is -2.07. The first-order valence-electron chi connectivity index (χ1n) is 9.46. The molecule has 0 spiro atoms. The largest absolute Gasteiger partial charge is 0.326 e. The van der Waals surface area contributed by atoms with E-state index >= 15 is 0 Å². The van der Waals surface area contributed by atoms with E-state index in [1.54, 1.807) is 55.1 Å². The highest BCUT2D eigenvalue weighted by molar-refractivity contribution is 6.09. The SMILES string of the molecule is CC(=O)Nc1ccc(/C=C(\C#N)C(=O)Nc2c(C)n(C)n(-c3ccccc3)c2=O)cc1. The van der Waals surface area contributed by atoms with E-state index in [1.165, 1.54) is 17.7 Å². The number of carbonyl (C=O) groups is 2. The summed E-state index contributed by atoms with van der Waals surface area (Å²) in [5, 5.41) is 14.7. The van der Waals surface area contributed by atoms with Crippen LogP contribution in [0.5, 0.6) is 0 Å². The fourth-order valence-electron chi connectivity index (χ4n) is 3.07. The van der Waals surface area contributed by atoms with Gasteiger partial charge in [0, 0.05) is 19.7 Å². The third kappa shape index (κ3) is 4.62. The van der Waals surface area contributed by atoms with Crippen LogP contribution in [0.2, 0.25) is 0 Å². The molecule has 2 aromatic carbocycles. The third-order valence-corrected chi connectivity index (χ3v) is 4.70. The summed E-state index contributed by atoms with van der Waals surface area (Å²) < 4.78 is 3.09. The first kappa shape index (κ1) is 21.3. The Balaban J connectivity index is 1.88. The molecule has 0 aliphatic rings. The van der Waals surface area contributed by atoms with Gasteiger partial charge in [-0.05, 0) is 42.8 Å². The van der Waals surface area contributed by atoms with E-state index in [0.717, 1.165) is 0 Å². The lowest BCUT2D eigenvalue weighted by atomic mass is 10.1. The van der Waals surface area contributed by atoms with E-state index in [0.29, 0.717) is 22.6 Å². The van der Waals surface area contributed by atoms with Gasteiger partial charge in [-0.1, -0.05) is 30.3 Å². The van der Waals surface area contributed by atoms with Crippen molar-refractivity contribution in [3.05, 3.63) is 81.8 Å². The number of nitrogens with zero attached hydrogens (tertiary/aromatic N) is 3. The molecule has 2 N–H and O–H groups in total. The van der Waals surface area contributed by atoms with E-state index < -0.39 is 11.5 Å². The highest BCUT2D eigenvalue weighted by Crippen LogP contribution is 2.16. The van der Waals surface area contributed by atoms with Crippen molar-refractivity contribution in [1.82, 2.24) is 9.36 Å². The summed E-state index contributed by atoms with van der Waals surface area (Å²) in [5.74, 6) is -0.876. The van der Waals surface area contributed by atoms with Crippen LogP contribution in [0, 0.1) is 18.3 Å². The minimum absolute atomic E-state index is 0.110. The van der Waals surface area contributed by atoms with Gasteiger partial charge in [-0.2, -0.15) is 5.26 Å². The number of hydrogen-bond donors (Lipinski definition) is 2. The summed E-state index contributed by atoms with van der Waals surface area (Å²) in [5.41, 5.74) is 1.99. The van der Waals surface area contributed by atoms with Crippen molar-refractivity contribution in [1.29, 1.82) is 5.26 Å². The Kier molecular flexibility index (Phi) is 6.17. The molecule has 0 unspecified atom stereocenters. The summed E-state index contributed by atoms with van der Waals surface area (Å²) in [6, 6.07) is 17.6. The van der Waals surface area contributed by atoms with E-state index in [9.17, 15) is 19.6 Å². The van der Waals surface area contributed by atoms with Crippen LogP contribution in [0.4, 0.5) is 11.4 Å². The minimum Gasteiger partial charge on any atom is -0.326 e. The number of amides is 2. The number of nitrogens with one attached hydrogen (secondary N) is 2. The monoisotopic (exact) mass is 415 g/mol. The van der Waals surface area contributed by atoms with Crippen LogP contribution in [0.25, 0.3) is 11.8 Å². The molecule has 8 nitrogen and oxygen atoms in total. The quantitative estimate of drug-likeness (QED) is 0.493. The molecule has 31 heavy (non-hydrogen) atoms. The van der Waals surface area contributed by atoms with Crippen molar-refractivity contribution in [2.45, 2.75) is 13.8 Å². The Labute approximate surface area is 179 Å². The van der Waals surface area contributed by atoms with Gasteiger partial charge in [-0.15, -0.1) is 0 Å². The zero-order valence-electron chi connectivity index (χ0n) is 17.3. The summed E-state index contributed by atoms with van der Waals surface area (Å²) in [6.45, 7) is 3.12. The van der Waals surface area contributed by atoms with Gasteiger partial charge in [-0.3, -0.25) is 19.1 Å². The standard InChI is InChI=1S/C23H21N5O3/c1-15-21(23(31)28(27(15)3)20-7-5-4-6-8-20)26-22(30)18(14-24)13-17-9-11-19(12-10-17)25-16(2)29/h4-13H,1-3H3,(H,25,29)(H,26,30)/b18-13+. The highest BCUT2D eigenvalue weighted by atomic mass is 16.2. The molecule has 1 aromatic heterocycles. The van der Waals surface area contributed by atoms with Crippen molar-refractivity contribution >= 4 is 29.3 Å². The summed E-state index contributed by atoms with van der Waals surface area (Å²) in [7, 11) is 1.72. The molecule has 0 saturated carbocycles. The van der Waals surface area contributed by atoms with Crippen LogP contribution in [0.1, 0.15) is 18.2 Å². The molecule has 0 fully saturated rings. The zero-order valence-corrected chi connectivity index (χ0v) is 17.3. The fraction of sp³-hybridized carbons (Fsp3) is 0.130. The number of carbonyl (C=O) groups excluding carboxylic acids is 2. The topological polar surface area (TPSA) is 109 Å². The summed E-state index contributed by atoms with van der Waals surface area (Å²) in [4.78, 5) is 36.7. The molecular formula is C23H21N5O3. The van der Waals surface area contributed by atoms with Crippen LogP contribution in [0.15, 0.2) is 65.0 Å². The molecule has 0 aliphatic heterocycles. The second kappa shape index (κ2) is 8.97. The van der Waals surface area contributed by atoms with E-state index in [-0.39, 0.29) is 17.2 Å². The Morgan fingerprint density at radius 1 is 1.03 bits per heavy atom. The van der Waals surface area contributed by atoms with E-state index in [2.05, 4.69) is 10.6 Å². The van der Waals surface area contributed by atoms with Gasteiger partial charge in [0.05, 0.1) is 11.4 Å². The van der Waals surface area contributed by atoms with Crippen LogP contribution in [-0.2, 0) is 16.6 Å². The van der Waals surface area contributed by atoms with Crippen LogP contribution < -0.4 is 16.2 Å². The number of rotatable bonds is 5. The number of anilines is 2. The molecule has 1 heterocycles. The fourth-order valence-corrected chi connectivity index (χ4v) is 3.07. The highest BCUT2D eigenvalue weighted by Gasteiger charge is 2.19. The van der Waals surface area contributed by atoms with Gasteiger partial charge in [0.2, 0.25) is 5.91 Å². The third-order valence-electron chi connectivity index (χ3n) is 4.70. The molecule has 2 amide bonds. The average Bonchev–Trinajstić information content (AvgIpc) is 2.96. The number of benzene rings is 2. The smallest absolute Gasteiger partial charge is 0.295 e. The Bertz CT molecular complexity index is 1260. The molecule has 0 saturated heterocycles. The molecule has 156 valence electrons. The Hall–Kier alpha value is -4.38. The normalized spacial score (nSPS) is 11.0. The number of hydrogen-bond acceptors (Lipinski definition) is 4. The van der Waals surface area contributed by atoms with Crippen LogP contribution >= 0.6 is 0 Å². The predicted octanol–water partition coefficient (Wildman–Crippen LogP) is 2.99. The summed E-state index contributed by atoms with van der Waals surface area (Å²) in [6.07, 6.45) is 1.42. The van der Waals surface area contributed by atoms with E-state index in [4.69, 9.17) is 0 Å². The summed E-state index contributed by atoms with van der Waals surface area (Å²) >= 11 is 0.